The number of hydrogen-bond acceptors (Lipinski definition) is 4. The zero-order valence-corrected chi connectivity index (χ0v) is 18.7. The Labute approximate surface area is 180 Å². The summed E-state index contributed by atoms with van der Waals surface area (Å²) in [5.41, 5.74) is 1.01. The molecule has 2 rings (SSSR count). The lowest BCUT2D eigenvalue weighted by Gasteiger charge is -2.09. The minimum absolute atomic E-state index is 0.143. The van der Waals surface area contributed by atoms with E-state index in [1.807, 2.05) is 6.07 Å². The van der Waals surface area contributed by atoms with Crippen LogP contribution in [0.5, 0.6) is 17.2 Å². The number of benzene rings is 2. The van der Waals surface area contributed by atoms with E-state index in [9.17, 15) is 13.5 Å². The highest BCUT2D eigenvalue weighted by Gasteiger charge is 2.09. The van der Waals surface area contributed by atoms with E-state index in [0.29, 0.717) is 11.5 Å². The lowest BCUT2D eigenvalue weighted by molar-refractivity contribution is 0.453. The molecule has 0 saturated carbocycles. The Kier molecular flexibility index (Phi) is 10.2. The average molecular weight is 435 g/mol. The van der Waals surface area contributed by atoms with Crippen LogP contribution in [-0.4, -0.2) is 18.1 Å². The van der Waals surface area contributed by atoms with E-state index in [1.165, 1.54) is 88.1 Å². The number of unbranched alkanes of at least 4 members (excludes halogenated alkanes) is 9. The summed E-state index contributed by atoms with van der Waals surface area (Å²) >= 11 is 0. The fraction of sp³-hybridized carbons (Fsp3) is 0.500. The molecule has 0 atom stereocenters. The number of rotatable bonds is 14. The second-order valence-corrected chi connectivity index (χ2v) is 9.24. The van der Waals surface area contributed by atoms with Gasteiger partial charge in [-0.3, -0.25) is 4.55 Å². The summed E-state index contributed by atoms with van der Waals surface area (Å²) in [7, 11) is -4.23. The third kappa shape index (κ3) is 9.18. The van der Waals surface area contributed by atoms with Gasteiger partial charge >= 0.3 is 0 Å². The van der Waals surface area contributed by atoms with Crippen molar-refractivity contribution in [3.63, 3.8) is 0 Å². The Balaban J connectivity index is 1.76. The molecule has 0 spiro atoms. The van der Waals surface area contributed by atoms with Crippen LogP contribution in [0.3, 0.4) is 0 Å². The Bertz CT molecular complexity index is 860. The van der Waals surface area contributed by atoms with Gasteiger partial charge in [0.25, 0.3) is 10.1 Å². The number of ether oxygens (including phenoxy) is 1. The monoisotopic (exact) mass is 434 g/mol. The Morgan fingerprint density at radius 3 is 1.90 bits per heavy atom. The summed E-state index contributed by atoms with van der Waals surface area (Å²) in [6.07, 6.45) is 13.7. The molecule has 30 heavy (non-hydrogen) atoms. The molecule has 0 fully saturated rings. The van der Waals surface area contributed by atoms with Crippen molar-refractivity contribution >= 4 is 10.1 Å². The third-order valence-electron chi connectivity index (χ3n) is 5.13. The lowest BCUT2D eigenvalue weighted by atomic mass is 10.0. The Morgan fingerprint density at radius 2 is 1.33 bits per heavy atom. The first kappa shape index (κ1) is 24.2. The van der Waals surface area contributed by atoms with Crippen LogP contribution in [0.2, 0.25) is 0 Å². The first-order chi connectivity index (χ1) is 14.4. The van der Waals surface area contributed by atoms with Crippen molar-refractivity contribution in [1.29, 1.82) is 0 Å². The molecular weight excluding hydrogens is 400 g/mol. The normalized spacial score (nSPS) is 11.5. The molecule has 0 amide bonds. The predicted molar refractivity (Wildman–Crippen MR) is 120 cm³/mol. The van der Waals surface area contributed by atoms with Crippen LogP contribution in [0, 0.1) is 0 Å². The van der Waals surface area contributed by atoms with Crippen molar-refractivity contribution < 1.29 is 22.8 Å². The minimum Gasteiger partial charge on any atom is -0.508 e. The van der Waals surface area contributed by atoms with Crippen LogP contribution in [-0.2, 0) is 16.5 Å². The molecule has 0 radical (unpaired) electrons. The number of phenolic OH excluding ortho intramolecular Hbond substituents is 1. The van der Waals surface area contributed by atoms with Gasteiger partial charge in [-0.25, -0.2) is 0 Å². The van der Waals surface area contributed by atoms with Crippen molar-refractivity contribution in [3.05, 3.63) is 48.0 Å². The first-order valence-corrected chi connectivity index (χ1v) is 12.4. The van der Waals surface area contributed by atoms with Crippen LogP contribution in [0.15, 0.2) is 47.4 Å². The molecule has 2 N–H and O–H groups in total. The number of phenols is 1. The third-order valence-corrected chi connectivity index (χ3v) is 6.00. The molecule has 0 saturated heterocycles. The van der Waals surface area contributed by atoms with E-state index >= 15 is 0 Å². The number of aryl methyl sites for hydroxylation is 1. The molecule has 0 bridgehead atoms. The molecule has 0 aliphatic rings. The maximum atomic E-state index is 11.1. The van der Waals surface area contributed by atoms with Crippen molar-refractivity contribution in [2.45, 2.75) is 82.4 Å². The predicted octanol–water partition coefficient (Wildman–Crippen LogP) is 6.89. The molecule has 0 heterocycles. The van der Waals surface area contributed by atoms with Crippen molar-refractivity contribution in [3.8, 4) is 17.2 Å². The fourth-order valence-electron chi connectivity index (χ4n) is 3.48. The van der Waals surface area contributed by atoms with Crippen LogP contribution >= 0.6 is 0 Å². The zero-order chi connectivity index (χ0) is 21.8. The molecule has 5 nitrogen and oxygen atoms in total. The van der Waals surface area contributed by atoms with Gasteiger partial charge in [0.1, 0.15) is 17.2 Å². The Morgan fingerprint density at radius 1 is 0.767 bits per heavy atom. The van der Waals surface area contributed by atoms with Gasteiger partial charge in [0.05, 0.1) is 4.90 Å². The van der Waals surface area contributed by atoms with E-state index in [0.717, 1.165) is 18.4 Å². The largest absolute Gasteiger partial charge is 0.508 e. The number of hydrogen-bond donors (Lipinski definition) is 2. The smallest absolute Gasteiger partial charge is 0.294 e. The van der Waals surface area contributed by atoms with Crippen molar-refractivity contribution in [2.24, 2.45) is 0 Å². The topological polar surface area (TPSA) is 83.8 Å². The van der Waals surface area contributed by atoms with Crippen LogP contribution in [0.1, 0.15) is 76.7 Å². The van der Waals surface area contributed by atoms with Gasteiger partial charge in [-0.05, 0) is 54.8 Å². The van der Waals surface area contributed by atoms with Gasteiger partial charge in [-0.15, -0.1) is 0 Å². The van der Waals surface area contributed by atoms with Crippen LogP contribution < -0.4 is 4.74 Å². The van der Waals surface area contributed by atoms with E-state index in [2.05, 4.69) is 6.92 Å². The van der Waals surface area contributed by atoms with Gasteiger partial charge in [0.2, 0.25) is 0 Å². The summed E-state index contributed by atoms with van der Waals surface area (Å²) in [6.45, 7) is 2.24. The van der Waals surface area contributed by atoms with E-state index < -0.39 is 10.1 Å². The molecule has 0 aliphatic carbocycles. The average Bonchev–Trinajstić information content (AvgIpc) is 2.69. The van der Waals surface area contributed by atoms with E-state index in [4.69, 9.17) is 9.29 Å². The molecule has 2 aromatic carbocycles. The fourth-order valence-corrected chi connectivity index (χ4v) is 3.96. The highest BCUT2D eigenvalue weighted by Crippen LogP contribution is 2.28. The maximum Gasteiger partial charge on any atom is 0.294 e. The second kappa shape index (κ2) is 12.6. The minimum atomic E-state index is -4.23. The summed E-state index contributed by atoms with van der Waals surface area (Å²) in [5, 5.41) is 9.99. The van der Waals surface area contributed by atoms with Gasteiger partial charge in [-0.1, -0.05) is 64.7 Å². The van der Waals surface area contributed by atoms with Crippen molar-refractivity contribution in [2.75, 3.05) is 0 Å². The highest BCUT2D eigenvalue weighted by atomic mass is 32.2. The van der Waals surface area contributed by atoms with Crippen molar-refractivity contribution in [1.82, 2.24) is 0 Å². The van der Waals surface area contributed by atoms with Crippen LogP contribution in [0.4, 0.5) is 0 Å². The summed E-state index contributed by atoms with van der Waals surface area (Å²) < 4.78 is 37.0. The van der Waals surface area contributed by atoms with Gasteiger partial charge in [0, 0.05) is 6.07 Å². The number of aromatic hydroxyl groups is 1. The van der Waals surface area contributed by atoms with E-state index in [-0.39, 0.29) is 10.6 Å². The molecule has 6 heteroatoms. The molecular formula is C24H34O5S. The molecule has 166 valence electrons. The second-order valence-electron chi connectivity index (χ2n) is 7.82. The molecule has 0 aliphatic heterocycles. The highest BCUT2D eigenvalue weighted by molar-refractivity contribution is 7.85. The summed E-state index contributed by atoms with van der Waals surface area (Å²) in [5.74, 6) is 1.07. The summed E-state index contributed by atoms with van der Waals surface area (Å²) in [6, 6.07) is 10.7. The SMILES string of the molecule is CCCCCCCCCCCCc1cc(O)cc(Oc2ccc(S(=O)(=O)O)cc2)c1. The Hall–Kier alpha value is -2.05. The van der Waals surface area contributed by atoms with E-state index in [1.54, 1.807) is 6.07 Å². The molecule has 0 unspecified atom stereocenters. The quantitative estimate of drug-likeness (QED) is 0.250. The van der Waals surface area contributed by atoms with Crippen LogP contribution in [0.25, 0.3) is 0 Å². The maximum absolute atomic E-state index is 11.1. The van der Waals surface area contributed by atoms with Gasteiger partial charge in [0.15, 0.2) is 0 Å². The van der Waals surface area contributed by atoms with Gasteiger partial charge < -0.3 is 9.84 Å². The lowest BCUT2D eigenvalue weighted by Crippen LogP contribution is -1.97. The summed E-state index contributed by atoms with van der Waals surface area (Å²) in [4.78, 5) is -0.188. The first-order valence-electron chi connectivity index (χ1n) is 11.0. The molecule has 0 aromatic heterocycles. The van der Waals surface area contributed by atoms with Gasteiger partial charge in [-0.2, -0.15) is 8.42 Å². The molecule has 2 aromatic rings. The standard InChI is InChI=1S/C24H34O5S/c1-2-3-4-5-6-7-8-9-10-11-12-20-17-21(25)19-23(18-20)29-22-13-15-24(16-14-22)30(26,27)28/h13-19,25H,2-12H2,1H3,(H,26,27,28). The zero-order valence-electron chi connectivity index (χ0n) is 17.8.